The molecule has 0 spiro atoms. The molecule has 1 aromatic rings. The summed E-state index contributed by atoms with van der Waals surface area (Å²) >= 11 is 0. The molecule has 1 atom stereocenters. The van der Waals surface area contributed by atoms with E-state index in [0.717, 1.165) is 6.42 Å². The summed E-state index contributed by atoms with van der Waals surface area (Å²) in [7, 11) is 0. The van der Waals surface area contributed by atoms with Gasteiger partial charge >= 0.3 is 0 Å². The van der Waals surface area contributed by atoms with Crippen LogP contribution in [0.4, 0.5) is 0 Å². The van der Waals surface area contributed by atoms with E-state index in [1.165, 1.54) is 25.1 Å². The Bertz CT molecular complexity index is 197. The molecule has 1 saturated heterocycles. The van der Waals surface area contributed by atoms with E-state index in [-0.39, 0.29) is 0 Å². The molecule has 2 nitrogen and oxygen atoms in total. The minimum Gasteiger partial charge on any atom is -0.365 e. The lowest BCUT2D eigenvalue weighted by molar-refractivity contribution is 0.597. The smallest absolute Gasteiger partial charge is 0.0162 e. The highest BCUT2D eigenvalue weighted by molar-refractivity contribution is 5.05. The lowest BCUT2D eigenvalue weighted by atomic mass is 10.1. The normalized spacial score (nSPS) is 24.2. The predicted molar refractivity (Wildman–Crippen MR) is 45.5 cm³/mol. The van der Waals surface area contributed by atoms with Crippen molar-refractivity contribution in [1.29, 1.82) is 0 Å². The van der Waals surface area contributed by atoms with Crippen LogP contribution in [0.1, 0.15) is 18.5 Å². The van der Waals surface area contributed by atoms with Gasteiger partial charge in [-0.05, 0) is 31.5 Å². The lowest BCUT2D eigenvalue weighted by Crippen LogP contribution is -2.23. The van der Waals surface area contributed by atoms with Crippen molar-refractivity contribution in [3.63, 3.8) is 0 Å². The van der Waals surface area contributed by atoms with Gasteiger partial charge in [0.25, 0.3) is 0 Å². The van der Waals surface area contributed by atoms with Crippen molar-refractivity contribution >= 4 is 0 Å². The van der Waals surface area contributed by atoms with E-state index < -0.39 is 0 Å². The highest BCUT2D eigenvalue weighted by Crippen LogP contribution is 2.09. The van der Waals surface area contributed by atoms with E-state index in [1.54, 1.807) is 0 Å². The molecule has 1 aliphatic rings. The molecule has 0 aromatic carbocycles. The van der Waals surface area contributed by atoms with Gasteiger partial charge in [-0.15, -0.1) is 0 Å². The standard InChI is InChI=1S/C9H14N2/c1-3-8(10-5-1)7-9-4-2-6-11-9/h1,3,5,9-11H,2,4,6-7H2. The number of hydrogen-bond acceptors (Lipinski definition) is 1. The lowest BCUT2D eigenvalue weighted by Gasteiger charge is -2.07. The van der Waals surface area contributed by atoms with Gasteiger partial charge in [-0.25, -0.2) is 0 Å². The molecule has 0 radical (unpaired) electrons. The summed E-state index contributed by atoms with van der Waals surface area (Å²) in [6.45, 7) is 1.20. The van der Waals surface area contributed by atoms with Crippen molar-refractivity contribution in [3.8, 4) is 0 Å². The Morgan fingerprint density at radius 2 is 2.55 bits per heavy atom. The van der Waals surface area contributed by atoms with Gasteiger partial charge in [-0.3, -0.25) is 0 Å². The molecule has 2 rings (SSSR count). The first kappa shape index (κ1) is 6.92. The van der Waals surface area contributed by atoms with Gasteiger partial charge in [0.05, 0.1) is 0 Å². The average molecular weight is 150 g/mol. The van der Waals surface area contributed by atoms with Crippen LogP contribution in [0.15, 0.2) is 18.3 Å². The second kappa shape index (κ2) is 3.09. The van der Waals surface area contributed by atoms with E-state index in [2.05, 4.69) is 22.4 Å². The Balaban J connectivity index is 1.90. The van der Waals surface area contributed by atoms with Crippen LogP contribution in [0.2, 0.25) is 0 Å². The highest BCUT2D eigenvalue weighted by Gasteiger charge is 2.13. The molecule has 2 N–H and O–H groups in total. The number of hydrogen-bond donors (Lipinski definition) is 2. The monoisotopic (exact) mass is 150 g/mol. The van der Waals surface area contributed by atoms with Crippen LogP contribution in [0.3, 0.4) is 0 Å². The van der Waals surface area contributed by atoms with E-state index in [9.17, 15) is 0 Å². The third kappa shape index (κ3) is 1.63. The highest BCUT2D eigenvalue weighted by atomic mass is 14.9. The number of aromatic amines is 1. The van der Waals surface area contributed by atoms with Crippen LogP contribution in [-0.2, 0) is 6.42 Å². The fraction of sp³-hybridized carbons (Fsp3) is 0.556. The molecule has 1 aromatic heterocycles. The second-order valence-electron chi connectivity index (χ2n) is 3.19. The molecule has 0 amide bonds. The molecule has 11 heavy (non-hydrogen) atoms. The van der Waals surface area contributed by atoms with Gasteiger partial charge in [0.1, 0.15) is 0 Å². The summed E-state index contributed by atoms with van der Waals surface area (Å²) in [5.41, 5.74) is 1.35. The Morgan fingerprint density at radius 3 is 3.18 bits per heavy atom. The van der Waals surface area contributed by atoms with Crippen molar-refractivity contribution in [3.05, 3.63) is 24.0 Å². The van der Waals surface area contributed by atoms with Crippen LogP contribution in [0.5, 0.6) is 0 Å². The van der Waals surface area contributed by atoms with E-state index in [4.69, 9.17) is 0 Å². The summed E-state index contributed by atoms with van der Waals surface area (Å²) in [5, 5.41) is 3.47. The molecule has 1 unspecified atom stereocenters. The van der Waals surface area contributed by atoms with Crippen LogP contribution >= 0.6 is 0 Å². The van der Waals surface area contributed by atoms with Gasteiger partial charge in [0, 0.05) is 24.4 Å². The Kier molecular flexibility index (Phi) is 1.95. The van der Waals surface area contributed by atoms with Crippen molar-refractivity contribution in [2.24, 2.45) is 0 Å². The molecule has 60 valence electrons. The summed E-state index contributed by atoms with van der Waals surface area (Å²) in [4.78, 5) is 3.22. The first-order valence-corrected chi connectivity index (χ1v) is 4.31. The Hall–Kier alpha value is -0.760. The van der Waals surface area contributed by atoms with Gasteiger partial charge in [0.15, 0.2) is 0 Å². The maximum absolute atomic E-state index is 3.47. The average Bonchev–Trinajstić information content (AvgIpc) is 2.60. The molecular formula is C9H14N2. The third-order valence-electron chi connectivity index (χ3n) is 2.29. The van der Waals surface area contributed by atoms with E-state index in [1.807, 2.05) is 6.20 Å². The Morgan fingerprint density at radius 1 is 1.55 bits per heavy atom. The molecular weight excluding hydrogens is 136 g/mol. The first-order chi connectivity index (χ1) is 5.45. The molecule has 0 saturated carbocycles. The SMILES string of the molecule is c1c[nH]c(CC2CCCN2)c1. The first-order valence-electron chi connectivity index (χ1n) is 4.31. The van der Waals surface area contributed by atoms with Crippen molar-refractivity contribution < 1.29 is 0 Å². The van der Waals surface area contributed by atoms with Gasteiger partial charge in [-0.2, -0.15) is 0 Å². The topological polar surface area (TPSA) is 27.8 Å². The number of nitrogens with one attached hydrogen (secondary N) is 2. The second-order valence-corrected chi connectivity index (χ2v) is 3.19. The zero-order chi connectivity index (χ0) is 7.52. The summed E-state index contributed by atoms with van der Waals surface area (Å²) in [6, 6.07) is 4.93. The summed E-state index contributed by atoms with van der Waals surface area (Å²) < 4.78 is 0. The molecule has 1 aliphatic heterocycles. The van der Waals surface area contributed by atoms with Crippen LogP contribution in [0, 0.1) is 0 Å². The quantitative estimate of drug-likeness (QED) is 0.653. The molecule has 1 fully saturated rings. The van der Waals surface area contributed by atoms with Gasteiger partial charge < -0.3 is 10.3 Å². The van der Waals surface area contributed by atoms with Crippen LogP contribution in [-0.4, -0.2) is 17.6 Å². The summed E-state index contributed by atoms with van der Waals surface area (Å²) in [5.74, 6) is 0. The maximum Gasteiger partial charge on any atom is 0.0162 e. The van der Waals surface area contributed by atoms with Gasteiger partial charge in [0.2, 0.25) is 0 Å². The number of aromatic nitrogens is 1. The van der Waals surface area contributed by atoms with Crippen LogP contribution < -0.4 is 5.32 Å². The molecule has 0 bridgehead atoms. The number of rotatable bonds is 2. The Labute approximate surface area is 67.0 Å². The predicted octanol–water partition coefficient (Wildman–Crippen LogP) is 1.31. The summed E-state index contributed by atoms with van der Waals surface area (Å²) in [6.07, 6.45) is 5.82. The van der Waals surface area contributed by atoms with Gasteiger partial charge in [-0.1, -0.05) is 0 Å². The fourth-order valence-corrected chi connectivity index (χ4v) is 1.69. The van der Waals surface area contributed by atoms with Crippen molar-refractivity contribution in [1.82, 2.24) is 10.3 Å². The zero-order valence-corrected chi connectivity index (χ0v) is 6.64. The maximum atomic E-state index is 3.47. The fourth-order valence-electron chi connectivity index (χ4n) is 1.69. The molecule has 2 heteroatoms. The van der Waals surface area contributed by atoms with Crippen molar-refractivity contribution in [2.75, 3.05) is 6.54 Å². The minimum absolute atomic E-state index is 0.716. The molecule has 2 heterocycles. The zero-order valence-electron chi connectivity index (χ0n) is 6.64. The third-order valence-corrected chi connectivity index (χ3v) is 2.29. The largest absolute Gasteiger partial charge is 0.365 e. The molecule has 0 aliphatic carbocycles. The minimum atomic E-state index is 0.716. The number of H-pyrrole nitrogens is 1. The van der Waals surface area contributed by atoms with Crippen molar-refractivity contribution in [2.45, 2.75) is 25.3 Å². The van der Waals surface area contributed by atoms with Crippen LogP contribution in [0.25, 0.3) is 0 Å². The van der Waals surface area contributed by atoms with E-state index in [0.29, 0.717) is 6.04 Å². The van der Waals surface area contributed by atoms with E-state index >= 15 is 0 Å².